The highest BCUT2D eigenvalue weighted by atomic mass is 79.9. The first-order valence-electron chi connectivity index (χ1n) is 7.19. The van der Waals surface area contributed by atoms with Gasteiger partial charge < -0.3 is 5.32 Å². The van der Waals surface area contributed by atoms with Gasteiger partial charge in [-0.15, -0.1) is 11.8 Å². The number of nitrogens with zero attached hydrogens (tertiary/aromatic N) is 3. The molecule has 0 aliphatic carbocycles. The highest BCUT2D eigenvalue weighted by Gasteiger charge is 2.32. The molecule has 0 unspecified atom stereocenters. The summed E-state index contributed by atoms with van der Waals surface area (Å²) >= 11 is 5.12. The van der Waals surface area contributed by atoms with E-state index in [1.165, 1.54) is 0 Å². The molecule has 25 heavy (non-hydrogen) atoms. The van der Waals surface area contributed by atoms with Crippen LogP contribution in [0.4, 0.5) is 24.8 Å². The summed E-state index contributed by atoms with van der Waals surface area (Å²) in [7, 11) is 1.95. The standard InChI is InChI=1S/C16H13BrF3N4S/c1-24-4-5-25-13(9-24)10-6-11(17)8-12(7-10)22-15-21-3-2-14(23-15)16(18,19)20/h2-4,6-9H,5H2,1H3,(H,21,22,23)/q+1. The highest BCUT2D eigenvalue weighted by molar-refractivity contribution is 9.10. The van der Waals surface area contributed by atoms with Crippen LogP contribution >= 0.6 is 27.7 Å². The van der Waals surface area contributed by atoms with E-state index < -0.39 is 11.9 Å². The molecular formula is C16H13BrF3N4S+. The predicted molar refractivity (Wildman–Crippen MR) is 97.1 cm³/mol. The molecule has 0 saturated heterocycles. The zero-order valence-electron chi connectivity index (χ0n) is 13.0. The first kappa shape index (κ1) is 17.9. The minimum atomic E-state index is -4.51. The van der Waals surface area contributed by atoms with Crippen molar-refractivity contribution in [1.29, 1.82) is 0 Å². The molecule has 1 N–H and O–H groups in total. The lowest BCUT2D eigenvalue weighted by molar-refractivity contribution is -0.416. The molecule has 1 aliphatic rings. The third-order valence-electron chi connectivity index (χ3n) is 3.31. The molecule has 0 atom stereocenters. The monoisotopic (exact) mass is 429 g/mol. The summed E-state index contributed by atoms with van der Waals surface area (Å²) in [6.45, 7) is 0. The van der Waals surface area contributed by atoms with Gasteiger partial charge in [-0.25, -0.2) is 14.5 Å². The van der Waals surface area contributed by atoms with Gasteiger partial charge in [0.1, 0.15) is 12.7 Å². The molecular weight excluding hydrogens is 417 g/mol. The fourth-order valence-electron chi connectivity index (χ4n) is 2.19. The normalized spacial score (nSPS) is 14.8. The average Bonchev–Trinajstić information content (AvgIpc) is 2.54. The lowest BCUT2D eigenvalue weighted by Gasteiger charge is -2.12. The van der Waals surface area contributed by atoms with Crippen LogP contribution in [0.15, 0.2) is 41.1 Å². The van der Waals surface area contributed by atoms with E-state index in [0.29, 0.717) is 5.69 Å². The van der Waals surface area contributed by atoms with Crippen molar-refractivity contribution in [2.24, 2.45) is 0 Å². The van der Waals surface area contributed by atoms with Crippen LogP contribution in [0.25, 0.3) is 4.91 Å². The Bertz CT molecular complexity index is 865. The van der Waals surface area contributed by atoms with Crippen molar-refractivity contribution in [3.63, 3.8) is 0 Å². The molecule has 3 rings (SSSR count). The Kier molecular flexibility index (Phi) is 5.14. The van der Waals surface area contributed by atoms with E-state index in [0.717, 1.165) is 33.0 Å². The fourth-order valence-corrected chi connectivity index (χ4v) is 3.70. The molecule has 4 nitrogen and oxygen atoms in total. The number of halogens is 4. The third-order valence-corrected chi connectivity index (χ3v) is 4.73. The molecule has 0 fully saturated rings. The minimum Gasteiger partial charge on any atom is -0.324 e. The lowest BCUT2D eigenvalue weighted by Crippen LogP contribution is -2.10. The first-order chi connectivity index (χ1) is 11.8. The van der Waals surface area contributed by atoms with Crippen LogP contribution in [-0.2, 0) is 6.18 Å². The van der Waals surface area contributed by atoms with Crippen LogP contribution in [0, 0.1) is 0 Å². The van der Waals surface area contributed by atoms with E-state index in [9.17, 15) is 13.2 Å². The zero-order chi connectivity index (χ0) is 18.0. The second-order valence-corrected chi connectivity index (χ2v) is 7.25. The van der Waals surface area contributed by atoms with Crippen molar-refractivity contribution < 1.29 is 17.7 Å². The van der Waals surface area contributed by atoms with Crippen molar-refractivity contribution in [1.82, 2.24) is 9.97 Å². The summed E-state index contributed by atoms with van der Waals surface area (Å²) in [6, 6.07) is 6.41. The van der Waals surface area contributed by atoms with Gasteiger partial charge in [0.15, 0.2) is 12.4 Å². The van der Waals surface area contributed by atoms with Crippen LogP contribution in [-0.4, -0.2) is 33.6 Å². The van der Waals surface area contributed by atoms with E-state index in [1.54, 1.807) is 17.8 Å². The van der Waals surface area contributed by atoms with Crippen LogP contribution in [0.2, 0.25) is 0 Å². The van der Waals surface area contributed by atoms with E-state index in [2.05, 4.69) is 37.4 Å². The molecule has 0 bridgehead atoms. The molecule has 9 heteroatoms. The zero-order valence-corrected chi connectivity index (χ0v) is 15.4. The summed E-state index contributed by atoms with van der Waals surface area (Å²) in [5.41, 5.74) is 0.569. The first-order valence-corrected chi connectivity index (χ1v) is 8.97. The number of nitrogens with one attached hydrogen (secondary N) is 1. The summed E-state index contributed by atoms with van der Waals surface area (Å²) in [4.78, 5) is 8.46. The van der Waals surface area contributed by atoms with Crippen molar-refractivity contribution in [3.05, 3.63) is 52.4 Å². The smallest absolute Gasteiger partial charge is 0.324 e. The summed E-state index contributed by atoms with van der Waals surface area (Å²) < 4.78 is 41.1. The van der Waals surface area contributed by atoms with Crippen LogP contribution in [0.3, 0.4) is 0 Å². The maximum atomic E-state index is 12.8. The lowest BCUT2D eigenvalue weighted by atomic mass is 10.2. The van der Waals surface area contributed by atoms with Crippen molar-refractivity contribution >= 4 is 50.4 Å². The number of aromatic nitrogens is 2. The Balaban J connectivity index is 1.90. The number of hydrogen-bond acceptors (Lipinski definition) is 4. The largest absolute Gasteiger partial charge is 0.433 e. The number of thioether (sulfide) groups is 1. The molecule has 0 saturated carbocycles. The van der Waals surface area contributed by atoms with Gasteiger partial charge in [-0.2, -0.15) is 13.2 Å². The minimum absolute atomic E-state index is 0.102. The average molecular weight is 430 g/mol. The molecule has 1 aromatic heterocycles. The maximum absolute atomic E-state index is 12.8. The van der Waals surface area contributed by atoms with Crippen LogP contribution in [0.5, 0.6) is 0 Å². The van der Waals surface area contributed by atoms with Crippen molar-refractivity contribution in [3.8, 4) is 0 Å². The summed E-state index contributed by atoms with van der Waals surface area (Å²) in [6.07, 6.45) is 0.635. The molecule has 1 aromatic carbocycles. The van der Waals surface area contributed by atoms with Crippen LogP contribution in [0.1, 0.15) is 11.3 Å². The second-order valence-electron chi connectivity index (χ2n) is 5.27. The van der Waals surface area contributed by atoms with Gasteiger partial charge in [-0.1, -0.05) is 15.9 Å². The Morgan fingerprint density at radius 2 is 2.08 bits per heavy atom. The van der Waals surface area contributed by atoms with Gasteiger partial charge in [0, 0.05) is 16.4 Å². The summed E-state index contributed by atoms with van der Waals surface area (Å²) in [5, 5.41) is 2.84. The SMILES string of the molecule is C[N+]1=CCSC(c2cc(Br)cc(Nc3nccc(C(F)(F)F)n3)c2)=C1. The topological polar surface area (TPSA) is 40.8 Å². The van der Waals surface area contributed by atoms with E-state index in [4.69, 9.17) is 0 Å². The molecule has 130 valence electrons. The number of alkyl halides is 3. The fraction of sp³-hybridized carbons (Fsp3) is 0.188. The van der Waals surface area contributed by atoms with Crippen molar-refractivity contribution in [2.45, 2.75) is 6.18 Å². The maximum Gasteiger partial charge on any atom is 0.433 e. The molecule has 0 amide bonds. The van der Waals surface area contributed by atoms with Crippen LogP contribution < -0.4 is 5.32 Å². The predicted octanol–water partition coefficient (Wildman–Crippen LogP) is 4.76. The third kappa shape index (κ3) is 4.60. The Morgan fingerprint density at radius 1 is 1.28 bits per heavy atom. The number of anilines is 2. The highest BCUT2D eigenvalue weighted by Crippen LogP contribution is 2.33. The molecule has 0 spiro atoms. The molecule has 1 aliphatic heterocycles. The second kappa shape index (κ2) is 7.17. The van der Waals surface area contributed by atoms with E-state index in [-0.39, 0.29) is 5.95 Å². The number of rotatable bonds is 3. The molecule has 2 heterocycles. The molecule has 0 radical (unpaired) electrons. The Hall–Kier alpha value is -1.87. The number of benzene rings is 1. The van der Waals surface area contributed by atoms with Gasteiger partial charge in [-0.05, 0) is 29.8 Å². The molecule has 2 aromatic rings. The Morgan fingerprint density at radius 3 is 2.80 bits per heavy atom. The van der Waals surface area contributed by atoms with E-state index >= 15 is 0 Å². The quantitative estimate of drug-likeness (QED) is 0.714. The van der Waals surface area contributed by atoms with Gasteiger partial charge in [0.05, 0.1) is 10.7 Å². The van der Waals surface area contributed by atoms with Gasteiger partial charge >= 0.3 is 6.18 Å². The number of hydrogen-bond donors (Lipinski definition) is 1. The van der Waals surface area contributed by atoms with Crippen molar-refractivity contribution in [2.75, 3.05) is 18.1 Å². The summed E-state index contributed by atoms with van der Waals surface area (Å²) in [5.74, 6) is 0.753. The van der Waals surface area contributed by atoms with Gasteiger partial charge in [0.25, 0.3) is 0 Å². The van der Waals surface area contributed by atoms with Gasteiger partial charge in [-0.3, -0.25) is 0 Å². The Labute approximate surface area is 155 Å². The van der Waals surface area contributed by atoms with E-state index in [1.807, 2.05) is 30.0 Å². The van der Waals surface area contributed by atoms with Gasteiger partial charge in [0.2, 0.25) is 5.95 Å².